The Hall–Kier alpha value is -2.78. The number of ether oxygens (including phenoxy) is 1. The lowest BCUT2D eigenvalue weighted by Gasteiger charge is -2.25. The Morgan fingerprint density at radius 2 is 1.65 bits per heavy atom. The second kappa shape index (κ2) is 6.85. The van der Waals surface area contributed by atoms with Gasteiger partial charge in [0.25, 0.3) is 0 Å². The molecule has 4 rings (SSSR count). The fraction of sp³-hybridized carbons (Fsp3) is 0.0455. The number of nitrogens with one attached hydrogen (secondary N) is 1. The minimum absolute atomic E-state index is 0.260. The van der Waals surface area contributed by atoms with Crippen LogP contribution in [0, 0.1) is 12.2 Å². The van der Waals surface area contributed by atoms with E-state index >= 15 is 0 Å². The monoisotopic (exact) mass is 364 g/mol. The molecule has 0 fully saturated rings. The molecule has 1 aliphatic heterocycles. The van der Waals surface area contributed by atoms with Crippen LogP contribution in [-0.2, 0) is 0 Å². The topological polar surface area (TPSA) is 21.3 Å². The maximum atomic E-state index is 13.4. The fourth-order valence-corrected chi connectivity index (χ4v) is 3.26. The number of rotatable bonds is 3. The molecular weight excluding hydrogens is 349 g/mol. The van der Waals surface area contributed by atoms with Crippen molar-refractivity contribution < 1.29 is 9.13 Å². The summed E-state index contributed by atoms with van der Waals surface area (Å²) in [6.45, 7) is 0. The van der Waals surface area contributed by atoms with Crippen molar-refractivity contribution in [3.63, 3.8) is 0 Å². The first-order chi connectivity index (χ1) is 12.7. The molecule has 3 aromatic carbocycles. The third kappa shape index (κ3) is 3.06. The van der Waals surface area contributed by atoms with E-state index in [1.165, 1.54) is 12.1 Å². The lowest BCUT2D eigenvalue weighted by Crippen LogP contribution is -2.10. The zero-order valence-electron chi connectivity index (χ0n) is 14.1. The highest BCUT2D eigenvalue weighted by Crippen LogP contribution is 2.40. The highest BCUT2D eigenvalue weighted by atomic mass is 35.5. The minimum atomic E-state index is -0.260. The molecule has 0 bridgehead atoms. The van der Waals surface area contributed by atoms with Gasteiger partial charge in [-0.1, -0.05) is 35.9 Å². The lowest BCUT2D eigenvalue weighted by molar-refractivity contribution is 0.415. The molecule has 26 heavy (non-hydrogen) atoms. The average molecular weight is 365 g/mol. The van der Waals surface area contributed by atoms with Crippen molar-refractivity contribution in [3.8, 4) is 5.75 Å². The van der Waals surface area contributed by atoms with Crippen LogP contribution in [0.5, 0.6) is 5.75 Å². The Kier molecular flexibility index (Phi) is 4.39. The average Bonchev–Trinajstić information content (AvgIpc) is 2.68. The highest BCUT2D eigenvalue weighted by molar-refractivity contribution is 6.32. The van der Waals surface area contributed by atoms with Gasteiger partial charge in [0.2, 0.25) is 0 Å². The van der Waals surface area contributed by atoms with Gasteiger partial charge >= 0.3 is 0 Å². The van der Waals surface area contributed by atoms with Gasteiger partial charge in [0.05, 0.1) is 17.8 Å². The van der Waals surface area contributed by atoms with Gasteiger partial charge in [-0.05, 0) is 64.7 Å². The van der Waals surface area contributed by atoms with Crippen LogP contribution < -0.4 is 10.1 Å². The highest BCUT2D eigenvalue weighted by Gasteiger charge is 2.21. The van der Waals surface area contributed by atoms with Crippen molar-refractivity contribution in [2.45, 2.75) is 0 Å². The molecule has 0 unspecified atom stereocenters. The van der Waals surface area contributed by atoms with E-state index in [0.29, 0.717) is 10.8 Å². The van der Waals surface area contributed by atoms with Gasteiger partial charge in [0.1, 0.15) is 11.6 Å². The Labute approximate surface area is 156 Å². The summed E-state index contributed by atoms with van der Waals surface area (Å²) in [6, 6.07) is 20.2. The molecule has 0 spiro atoms. The smallest absolute Gasteiger partial charge is 0.138 e. The van der Waals surface area contributed by atoms with E-state index < -0.39 is 0 Å². The second-order valence-electron chi connectivity index (χ2n) is 6.00. The van der Waals surface area contributed by atoms with E-state index in [9.17, 15) is 4.39 Å². The van der Waals surface area contributed by atoms with Gasteiger partial charge in [-0.3, -0.25) is 0 Å². The van der Waals surface area contributed by atoms with Crippen LogP contribution in [0.3, 0.4) is 0 Å². The zero-order chi connectivity index (χ0) is 18.1. The van der Waals surface area contributed by atoms with E-state index in [-0.39, 0.29) is 5.82 Å². The summed E-state index contributed by atoms with van der Waals surface area (Å²) in [5, 5.41) is 4.05. The van der Waals surface area contributed by atoms with Crippen molar-refractivity contribution in [3.05, 3.63) is 101 Å². The standard InChI is InChI=1S/C22H16ClFNO/c1-26-21-13-15(8-11-19(21)23)18-12-16-4-2-3-5-20(16)25-22(18)14-6-9-17(24)10-7-14/h2-13,25H,1H3. The largest absolute Gasteiger partial charge is 0.495 e. The first-order valence-electron chi connectivity index (χ1n) is 8.20. The van der Waals surface area contributed by atoms with E-state index in [1.807, 2.05) is 36.4 Å². The van der Waals surface area contributed by atoms with Crippen LogP contribution in [0.15, 0.2) is 66.7 Å². The van der Waals surface area contributed by atoms with E-state index in [4.69, 9.17) is 16.3 Å². The summed E-state index contributed by atoms with van der Waals surface area (Å²) in [5.74, 6) is 0.353. The van der Waals surface area contributed by atoms with Crippen molar-refractivity contribution in [2.75, 3.05) is 12.4 Å². The molecule has 1 aliphatic rings. The summed E-state index contributed by atoms with van der Waals surface area (Å²) in [6.07, 6.45) is 2.12. The third-order valence-electron chi connectivity index (χ3n) is 4.38. The van der Waals surface area contributed by atoms with Gasteiger partial charge in [-0.15, -0.1) is 0 Å². The molecule has 1 heterocycles. The molecule has 1 N–H and O–H groups in total. The van der Waals surface area contributed by atoms with Crippen LogP contribution in [0.4, 0.5) is 10.1 Å². The predicted molar refractivity (Wildman–Crippen MR) is 105 cm³/mol. The molecule has 0 saturated carbocycles. The quantitative estimate of drug-likeness (QED) is 0.612. The minimum Gasteiger partial charge on any atom is -0.495 e. The van der Waals surface area contributed by atoms with Crippen molar-refractivity contribution in [1.82, 2.24) is 0 Å². The van der Waals surface area contributed by atoms with Gasteiger partial charge in [0.15, 0.2) is 0 Å². The van der Waals surface area contributed by atoms with Crippen LogP contribution in [0.25, 0.3) is 11.3 Å². The summed E-state index contributed by atoms with van der Waals surface area (Å²) in [4.78, 5) is 0. The number of hydrogen-bond donors (Lipinski definition) is 1. The lowest BCUT2D eigenvalue weighted by atomic mass is 9.89. The van der Waals surface area contributed by atoms with E-state index in [0.717, 1.165) is 33.6 Å². The normalized spacial score (nSPS) is 13.2. The molecule has 1 radical (unpaired) electrons. The van der Waals surface area contributed by atoms with Crippen molar-refractivity contribution in [2.24, 2.45) is 0 Å². The SMILES string of the molecule is COc1cc(C2=C(c3ccc(F)cc3)Nc3ccccc3[CH]2)ccc1Cl. The molecule has 129 valence electrons. The maximum absolute atomic E-state index is 13.4. The number of para-hydroxylation sites is 1. The Morgan fingerprint density at radius 3 is 2.42 bits per heavy atom. The maximum Gasteiger partial charge on any atom is 0.138 e. The summed E-state index contributed by atoms with van der Waals surface area (Å²) < 4.78 is 18.7. The van der Waals surface area contributed by atoms with Crippen LogP contribution >= 0.6 is 11.6 Å². The number of benzene rings is 3. The van der Waals surface area contributed by atoms with Gasteiger partial charge < -0.3 is 10.1 Å². The molecule has 0 atom stereocenters. The number of halogens is 2. The molecular formula is C22H16ClFNO. The molecule has 3 aromatic rings. The third-order valence-corrected chi connectivity index (χ3v) is 4.70. The van der Waals surface area contributed by atoms with Crippen LogP contribution in [-0.4, -0.2) is 7.11 Å². The Morgan fingerprint density at radius 1 is 0.923 bits per heavy atom. The second-order valence-corrected chi connectivity index (χ2v) is 6.41. The van der Waals surface area contributed by atoms with Gasteiger partial charge in [-0.2, -0.15) is 0 Å². The summed E-state index contributed by atoms with van der Waals surface area (Å²) in [7, 11) is 1.60. The number of methoxy groups -OCH3 is 1. The van der Waals surface area contributed by atoms with Crippen molar-refractivity contribution >= 4 is 28.6 Å². The molecule has 2 nitrogen and oxygen atoms in total. The Balaban J connectivity index is 1.89. The van der Waals surface area contributed by atoms with Gasteiger partial charge in [0, 0.05) is 12.1 Å². The number of allylic oxidation sites excluding steroid dienone is 1. The number of fused-ring (bicyclic) bond motifs is 1. The molecule has 0 aromatic heterocycles. The van der Waals surface area contributed by atoms with Crippen molar-refractivity contribution in [1.29, 1.82) is 0 Å². The molecule has 4 heteroatoms. The molecule has 0 aliphatic carbocycles. The number of hydrogen-bond acceptors (Lipinski definition) is 2. The fourth-order valence-electron chi connectivity index (χ4n) is 3.07. The first-order valence-corrected chi connectivity index (χ1v) is 8.58. The van der Waals surface area contributed by atoms with E-state index in [1.54, 1.807) is 19.2 Å². The number of anilines is 1. The molecule has 0 amide bonds. The summed E-state index contributed by atoms with van der Waals surface area (Å²) >= 11 is 6.18. The van der Waals surface area contributed by atoms with Crippen LogP contribution in [0.1, 0.15) is 16.7 Å². The summed E-state index contributed by atoms with van der Waals surface area (Å²) in [5.41, 5.74) is 5.87. The first kappa shape index (κ1) is 16.7. The predicted octanol–water partition coefficient (Wildman–Crippen LogP) is 6.03. The van der Waals surface area contributed by atoms with Gasteiger partial charge in [-0.25, -0.2) is 4.39 Å². The zero-order valence-corrected chi connectivity index (χ0v) is 14.8. The Bertz CT molecular complexity index is 995. The van der Waals surface area contributed by atoms with Crippen LogP contribution in [0.2, 0.25) is 5.02 Å². The molecule has 0 saturated heterocycles. The van der Waals surface area contributed by atoms with E-state index in [2.05, 4.69) is 17.8 Å².